The van der Waals surface area contributed by atoms with Gasteiger partial charge in [-0.15, -0.1) is 0 Å². The summed E-state index contributed by atoms with van der Waals surface area (Å²) in [5, 5.41) is -0.0346. The second kappa shape index (κ2) is 18.8. The number of hydrogen-bond acceptors (Lipinski definition) is 6. The van der Waals surface area contributed by atoms with Gasteiger partial charge in [-0.2, -0.15) is 0 Å². The third-order valence-corrected chi connectivity index (χ3v) is 19.6. The Morgan fingerprint density at radius 1 is 0.717 bits per heavy atom. The highest BCUT2D eigenvalue weighted by atomic mass is 31.2. The molecule has 2 atom stereocenters. The van der Waals surface area contributed by atoms with Gasteiger partial charge in [0.2, 0.25) is 26.5 Å². The molecule has 0 amide bonds. The summed E-state index contributed by atoms with van der Waals surface area (Å²) in [6.45, 7) is 28.5. The molecule has 0 N–H and O–H groups in total. The summed E-state index contributed by atoms with van der Waals surface area (Å²) < 4.78 is 35.7. The fraction of sp³-hybridized carbons (Fsp3) is 0.556. The lowest BCUT2D eigenvalue weighted by atomic mass is 9.94. The molecule has 0 fully saturated rings. The van der Waals surface area contributed by atoms with Crippen LogP contribution in [0.4, 0.5) is 0 Å². The van der Waals surface area contributed by atoms with Crippen molar-refractivity contribution in [1.82, 2.24) is 0 Å². The van der Waals surface area contributed by atoms with Crippen LogP contribution in [0.5, 0.6) is 0 Å². The van der Waals surface area contributed by atoms with Gasteiger partial charge in [-0.1, -0.05) is 88.7 Å². The summed E-state index contributed by atoms with van der Waals surface area (Å²) in [6, 6.07) is 15.2. The first kappa shape index (κ1) is 44.7. The average molecular weight is 763 g/mol. The van der Waals surface area contributed by atoms with Crippen molar-refractivity contribution in [2.75, 3.05) is 13.2 Å². The maximum absolute atomic E-state index is 15.3. The number of rotatable bonds is 21. The smallest absolute Gasteiger partial charge is 0.248 e. The van der Waals surface area contributed by atoms with Gasteiger partial charge in [0.15, 0.2) is 0 Å². The van der Waals surface area contributed by atoms with Gasteiger partial charge in [0.1, 0.15) is 0 Å². The molecular weight excluding hydrogens is 696 g/mol. The fourth-order valence-corrected chi connectivity index (χ4v) is 16.2. The SMILES string of the molecule is CCOC(CC)(CC)[Si](C)(CCCOCc1c(C)cc(C)c(C(=O)P(=O)(C(=O)c2c(C)cc(C)cc2C)c2ccccc2)c1C)OC(CC)(CC)CC. The summed E-state index contributed by atoms with van der Waals surface area (Å²) in [4.78, 5) is 29.3. The minimum atomic E-state index is -4.30. The first-order valence-electron chi connectivity index (χ1n) is 19.9. The van der Waals surface area contributed by atoms with Crippen LogP contribution in [0.15, 0.2) is 48.5 Å². The molecule has 0 bridgehead atoms. The molecule has 3 rings (SSSR count). The Labute approximate surface area is 322 Å². The molecule has 8 heteroatoms. The lowest BCUT2D eigenvalue weighted by molar-refractivity contribution is -0.0356. The Morgan fingerprint density at radius 3 is 1.75 bits per heavy atom. The van der Waals surface area contributed by atoms with Gasteiger partial charge in [0, 0.05) is 29.6 Å². The molecule has 3 aromatic rings. The van der Waals surface area contributed by atoms with Crippen LogP contribution in [0.1, 0.15) is 140 Å². The maximum atomic E-state index is 15.3. The van der Waals surface area contributed by atoms with E-state index in [-0.39, 0.29) is 16.1 Å². The van der Waals surface area contributed by atoms with Gasteiger partial charge in [0.05, 0.1) is 17.4 Å². The van der Waals surface area contributed by atoms with Crippen LogP contribution in [-0.2, 0) is 25.1 Å². The van der Waals surface area contributed by atoms with Crippen LogP contribution >= 0.6 is 7.14 Å². The van der Waals surface area contributed by atoms with Crippen LogP contribution < -0.4 is 5.30 Å². The second-order valence-corrected chi connectivity index (χ2v) is 21.8. The molecule has 0 heterocycles. The van der Waals surface area contributed by atoms with Crippen LogP contribution in [0.25, 0.3) is 0 Å². The van der Waals surface area contributed by atoms with Crippen molar-refractivity contribution in [1.29, 1.82) is 0 Å². The minimum Gasteiger partial charge on any atom is -0.409 e. The summed E-state index contributed by atoms with van der Waals surface area (Å²) in [5.74, 6) is 0. The Morgan fingerprint density at radius 2 is 1.25 bits per heavy atom. The zero-order chi connectivity index (χ0) is 39.8. The molecule has 3 aromatic carbocycles. The predicted molar refractivity (Wildman–Crippen MR) is 224 cm³/mol. The molecule has 292 valence electrons. The molecule has 53 heavy (non-hydrogen) atoms. The quantitative estimate of drug-likeness (QED) is 0.0611. The van der Waals surface area contributed by atoms with Crippen molar-refractivity contribution in [2.45, 2.75) is 152 Å². The Hall–Kier alpha value is -2.67. The van der Waals surface area contributed by atoms with Gasteiger partial charge >= 0.3 is 0 Å². The molecule has 6 nitrogen and oxygen atoms in total. The summed E-state index contributed by atoms with van der Waals surface area (Å²) in [5.41, 5.74) is 5.03. The minimum absolute atomic E-state index is 0.162. The van der Waals surface area contributed by atoms with E-state index in [0.29, 0.717) is 53.2 Å². The van der Waals surface area contributed by atoms with Crippen LogP contribution in [0.3, 0.4) is 0 Å². The van der Waals surface area contributed by atoms with E-state index in [4.69, 9.17) is 13.9 Å². The van der Waals surface area contributed by atoms with Gasteiger partial charge in [-0.3, -0.25) is 9.59 Å². The van der Waals surface area contributed by atoms with Crippen molar-refractivity contribution < 1.29 is 28.1 Å². The molecule has 0 aromatic heterocycles. The van der Waals surface area contributed by atoms with Crippen molar-refractivity contribution >= 4 is 31.8 Å². The zero-order valence-corrected chi connectivity index (χ0v) is 37.0. The molecule has 0 saturated carbocycles. The number of ether oxygens (including phenoxy) is 2. The Balaban J connectivity index is 1.97. The van der Waals surface area contributed by atoms with E-state index in [9.17, 15) is 9.59 Å². The van der Waals surface area contributed by atoms with E-state index in [1.54, 1.807) is 30.3 Å². The number of carbonyl (C=O) groups excluding carboxylic acids is 2. The van der Waals surface area contributed by atoms with Crippen molar-refractivity contribution in [3.05, 3.63) is 98.6 Å². The normalized spacial score (nSPS) is 14.5. The standard InChI is InChI=1S/C45H67O6PSi/c1-14-44(15-2,16-3)51-53(13,45(17-4,18-5)50-19-6)27-23-26-49-31-39-33(8)30-36(11)41(37(39)12)43(47)52(48,38-24-21-20-22-25-38)42(46)40-34(9)28-32(7)29-35(40)10/h20-22,24-25,28-30H,14-19,23,26-27,31H2,1-13H3. The number of carbonyl (C=O) groups is 2. The van der Waals surface area contributed by atoms with Gasteiger partial charge in [-0.25, -0.2) is 0 Å². The van der Waals surface area contributed by atoms with Crippen molar-refractivity contribution in [2.24, 2.45) is 0 Å². The van der Waals surface area contributed by atoms with Gasteiger partial charge in [0.25, 0.3) is 0 Å². The van der Waals surface area contributed by atoms with E-state index in [2.05, 4.69) is 48.1 Å². The third-order valence-electron chi connectivity index (χ3n) is 12.0. The molecule has 0 spiro atoms. The summed E-state index contributed by atoms with van der Waals surface area (Å²) in [6.07, 6.45) is 5.54. The highest BCUT2D eigenvalue weighted by Crippen LogP contribution is 2.53. The second-order valence-electron chi connectivity index (χ2n) is 15.2. The molecular formula is C45H67O6PSi. The lowest BCUT2D eigenvalue weighted by Gasteiger charge is -2.50. The van der Waals surface area contributed by atoms with E-state index < -0.39 is 26.5 Å². The van der Waals surface area contributed by atoms with Crippen molar-refractivity contribution in [3.8, 4) is 0 Å². The highest BCUT2D eigenvalue weighted by molar-refractivity contribution is 8.01. The zero-order valence-electron chi connectivity index (χ0n) is 35.1. The summed E-state index contributed by atoms with van der Waals surface area (Å²) >= 11 is 0. The average Bonchev–Trinajstić information content (AvgIpc) is 3.13. The lowest BCUT2D eigenvalue weighted by Crippen LogP contribution is -2.63. The van der Waals surface area contributed by atoms with Crippen LogP contribution in [-0.4, -0.2) is 43.4 Å². The number of aryl methyl sites for hydroxylation is 5. The monoisotopic (exact) mass is 762 g/mol. The van der Waals surface area contributed by atoms with Crippen molar-refractivity contribution in [3.63, 3.8) is 0 Å². The Bertz CT molecular complexity index is 1740. The molecule has 0 aliphatic rings. The Kier molecular flexibility index (Phi) is 15.8. The third kappa shape index (κ3) is 9.08. The van der Waals surface area contributed by atoms with Gasteiger partial charge in [-0.05, 0) is 133 Å². The number of benzene rings is 3. The molecule has 0 aliphatic carbocycles. The summed E-state index contributed by atoms with van der Waals surface area (Å²) in [7, 11) is -6.75. The van der Waals surface area contributed by atoms with E-state index >= 15 is 4.57 Å². The predicted octanol–water partition coefficient (Wildman–Crippen LogP) is 11.8. The topological polar surface area (TPSA) is 78.9 Å². The van der Waals surface area contributed by atoms with Crippen LogP contribution in [0.2, 0.25) is 12.6 Å². The van der Waals surface area contributed by atoms with Crippen LogP contribution in [0, 0.1) is 41.5 Å². The highest BCUT2D eigenvalue weighted by Gasteiger charge is 2.53. The fourth-order valence-electron chi connectivity index (χ4n) is 8.71. The molecule has 0 saturated heterocycles. The first-order chi connectivity index (χ1) is 25.0. The first-order valence-corrected chi connectivity index (χ1v) is 24.2. The van der Waals surface area contributed by atoms with E-state index in [1.807, 2.05) is 59.7 Å². The molecule has 2 unspecified atom stereocenters. The van der Waals surface area contributed by atoms with E-state index in [1.165, 1.54) is 0 Å². The molecule has 0 aliphatic heterocycles. The maximum Gasteiger partial charge on any atom is 0.248 e. The largest absolute Gasteiger partial charge is 0.409 e. The van der Waals surface area contributed by atoms with E-state index in [0.717, 1.165) is 61.3 Å². The van der Waals surface area contributed by atoms with Gasteiger partial charge < -0.3 is 18.5 Å². The molecule has 0 radical (unpaired) electrons. The number of hydrogen-bond donors (Lipinski definition) is 0.